The Morgan fingerprint density at radius 3 is 2.53 bits per heavy atom. The fraction of sp³-hybridized carbons (Fsp3) is 0.480. The molecule has 8 nitrogen and oxygen atoms in total. The summed E-state index contributed by atoms with van der Waals surface area (Å²) in [4.78, 5) is 23.7. The third kappa shape index (κ3) is 4.01. The molecule has 1 saturated heterocycles. The number of aromatic nitrogens is 1. The van der Waals surface area contributed by atoms with Gasteiger partial charge in [-0.3, -0.25) is 19.7 Å². The number of amides is 1. The predicted molar refractivity (Wildman–Crippen MR) is 134 cm³/mol. The molecule has 3 heterocycles. The van der Waals surface area contributed by atoms with Crippen molar-refractivity contribution in [3.8, 4) is 0 Å². The van der Waals surface area contributed by atoms with Crippen LogP contribution in [-0.2, 0) is 15.6 Å². The van der Waals surface area contributed by atoms with E-state index in [-0.39, 0.29) is 17.2 Å². The predicted octanol–water partition coefficient (Wildman–Crippen LogP) is 3.39. The van der Waals surface area contributed by atoms with Crippen LogP contribution < -0.4 is 10.2 Å². The van der Waals surface area contributed by atoms with E-state index in [4.69, 9.17) is 0 Å². The molecular weight excluding hydrogens is 450 g/mol. The van der Waals surface area contributed by atoms with E-state index in [2.05, 4.69) is 15.3 Å². The topological polar surface area (TPSA) is 95.0 Å². The summed E-state index contributed by atoms with van der Waals surface area (Å²) in [5.41, 5.74) is 3.66. The van der Waals surface area contributed by atoms with Crippen molar-refractivity contribution in [2.24, 2.45) is 4.99 Å². The van der Waals surface area contributed by atoms with Crippen molar-refractivity contribution in [1.29, 1.82) is 0 Å². The van der Waals surface area contributed by atoms with Gasteiger partial charge in [0.1, 0.15) is 0 Å². The number of rotatable bonds is 6. The molecule has 1 aliphatic carbocycles. The van der Waals surface area contributed by atoms with Gasteiger partial charge < -0.3 is 5.32 Å². The SMILES string of the molecule is CN=Cc1ccc2c(c1)C(C)(C)N(c1cncc(NC3CCN(S(=O)(=O)C4CC4)CC3)c1)C2=O. The van der Waals surface area contributed by atoms with E-state index in [0.717, 1.165) is 48.2 Å². The second-order valence-electron chi connectivity index (χ2n) is 9.89. The van der Waals surface area contributed by atoms with Gasteiger partial charge in [0.15, 0.2) is 0 Å². The second kappa shape index (κ2) is 8.46. The van der Waals surface area contributed by atoms with Crippen LogP contribution >= 0.6 is 0 Å². The van der Waals surface area contributed by atoms with Crippen LogP contribution in [0, 0.1) is 0 Å². The summed E-state index contributed by atoms with van der Waals surface area (Å²) in [6, 6.07) is 7.93. The number of pyridine rings is 1. The summed E-state index contributed by atoms with van der Waals surface area (Å²) in [6.07, 6.45) is 8.35. The van der Waals surface area contributed by atoms with Crippen LogP contribution in [0.25, 0.3) is 0 Å². The first-order valence-electron chi connectivity index (χ1n) is 11.8. The molecule has 34 heavy (non-hydrogen) atoms. The van der Waals surface area contributed by atoms with Crippen molar-refractivity contribution in [1.82, 2.24) is 9.29 Å². The molecule has 180 valence electrons. The Hall–Kier alpha value is -2.78. The summed E-state index contributed by atoms with van der Waals surface area (Å²) in [5, 5.41) is 3.35. The summed E-state index contributed by atoms with van der Waals surface area (Å²) in [6.45, 7) is 5.17. The van der Waals surface area contributed by atoms with E-state index < -0.39 is 15.6 Å². The lowest BCUT2D eigenvalue weighted by Crippen LogP contribution is -2.43. The largest absolute Gasteiger partial charge is 0.381 e. The first-order valence-corrected chi connectivity index (χ1v) is 13.3. The van der Waals surface area contributed by atoms with Gasteiger partial charge in [-0.15, -0.1) is 0 Å². The van der Waals surface area contributed by atoms with Crippen molar-refractivity contribution in [2.75, 3.05) is 30.4 Å². The van der Waals surface area contributed by atoms with Crippen LogP contribution in [0.1, 0.15) is 61.0 Å². The van der Waals surface area contributed by atoms with Crippen molar-refractivity contribution in [3.05, 3.63) is 53.3 Å². The highest BCUT2D eigenvalue weighted by atomic mass is 32.2. The number of fused-ring (bicyclic) bond motifs is 1. The summed E-state index contributed by atoms with van der Waals surface area (Å²) < 4.78 is 26.6. The van der Waals surface area contributed by atoms with Gasteiger partial charge in [-0.2, -0.15) is 0 Å². The molecule has 2 fully saturated rings. The molecule has 1 N–H and O–H groups in total. The molecule has 0 radical (unpaired) electrons. The number of benzene rings is 1. The lowest BCUT2D eigenvalue weighted by atomic mass is 9.92. The number of hydrogen-bond donors (Lipinski definition) is 1. The molecule has 1 amide bonds. The number of anilines is 2. The Bertz CT molecular complexity index is 1240. The molecule has 0 spiro atoms. The highest BCUT2D eigenvalue weighted by molar-refractivity contribution is 7.90. The summed E-state index contributed by atoms with van der Waals surface area (Å²) in [5.74, 6) is -0.0440. The van der Waals surface area contributed by atoms with Crippen molar-refractivity contribution < 1.29 is 13.2 Å². The average Bonchev–Trinajstić information content (AvgIpc) is 3.64. The Balaban J connectivity index is 1.32. The van der Waals surface area contributed by atoms with Gasteiger partial charge in [0.25, 0.3) is 5.91 Å². The average molecular weight is 482 g/mol. The first kappa shape index (κ1) is 23.0. The Morgan fingerprint density at radius 1 is 1.12 bits per heavy atom. The van der Waals surface area contributed by atoms with E-state index in [0.29, 0.717) is 18.7 Å². The van der Waals surface area contributed by atoms with E-state index in [1.807, 2.05) is 38.1 Å². The molecule has 9 heteroatoms. The lowest BCUT2D eigenvalue weighted by Gasteiger charge is -2.34. The molecule has 5 rings (SSSR count). The first-order chi connectivity index (χ1) is 16.2. The zero-order valence-corrected chi connectivity index (χ0v) is 20.7. The molecule has 3 aliphatic rings. The number of carbonyl (C=O) groups excluding carboxylic acids is 1. The minimum Gasteiger partial charge on any atom is -0.381 e. The Labute approximate surface area is 201 Å². The van der Waals surface area contributed by atoms with E-state index >= 15 is 0 Å². The number of hydrogen-bond acceptors (Lipinski definition) is 6. The van der Waals surface area contributed by atoms with Gasteiger partial charge in [0.2, 0.25) is 10.0 Å². The van der Waals surface area contributed by atoms with E-state index in [9.17, 15) is 13.2 Å². The van der Waals surface area contributed by atoms with Gasteiger partial charge in [-0.05, 0) is 68.9 Å². The zero-order chi connectivity index (χ0) is 24.1. The maximum atomic E-state index is 13.4. The second-order valence-corrected chi connectivity index (χ2v) is 12.1. The molecule has 0 unspecified atom stereocenters. The minimum atomic E-state index is -3.11. The Morgan fingerprint density at radius 2 is 1.85 bits per heavy atom. The van der Waals surface area contributed by atoms with Crippen molar-refractivity contribution in [2.45, 2.75) is 56.4 Å². The van der Waals surface area contributed by atoms with Crippen LogP contribution in [0.2, 0.25) is 0 Å². The molecule has 2 aromatic rings. The molecule has 0 atom stereocenters. The van der Waals surface area contributed by atoms with Crippen LogP contribution in [0.15, 0.2) is 41.7 Å². The quantitative estimate of drug-likeness (QED) is 0.638. The molecule has 1 aromatic carbocycles. The van der Waals surface area contributed by atoms with Crippen molar-refractivity contribution >= 4 is 33.5 Å². The fourth-order valence-electron chi connectivity index (χ4n) is 5.11. The van der Waals surface area contributed by atoms with Gasteiger partial charge >= 0.3 is 0 Å². The molecular formula is C25H31N5O3S. The monoisotopic (exact) mass is 481 g/mol. The maximum Gasteiger partial charge on any atom is 0.259 e. The van der Waals surface area contributed by atoms with Gasteiger partial charge in [0, 0.05) is 38.0 Å². The van der Waals surface area contributed by atoms with Crippen LogP contribution in [0.3, 0.4) is 0 Å². The smallest absolute Gasteiger partial charge is 0.259 e. The summed E-state index contributed by atoms with van der Waals surface area (Å²) in [7, 11) is -1.38. The number of nitrogens with zero attached hydrogens (tertiary/aromatic N) is 4. The van der Waals surface area contributed by atoms with Crippen molar-refractivity contribution in [3.63, 3.8) is 0 Å². The van der Waals surface area contributed by atoms with Crippen LogP contribution in [0.5, 0.6) is 0 Å². The highest BCUT2D eigenvalue weighted by Crippen LogP contribution is 2.42. The highest BCUT2D eigenvalue weighted by Gasteiger charge is 2.44. The third-order valence-corrected chi connectivity index (χ3v) is 9.48. The number of aliphatic imine (C=N–C) groups is 1. The number of sulfonamides is 1. The van der Waals surface area contributed by atoms with Gasteiger partial charge in [-0.1, -0.05) is 6.07 Å². The Kier molecular flexibility index (Phi) is 5.72. The maximum absolute atomic E-state index is 13.4. The standard InChI is InChI=1S/C25H31N5O3S/c1-25(2)23-12-17(14-26-3)4-7-22(23)24(31)30(25)20-13-19(15-27-16-20)28-18-8-10-29(11-9-18)34(32,33)21-5-6-21/h4,7,12-16,18,21,28H,5-6,8-11H2,1-3H3. The molecule has 2 aliphatic heterocycles. The third-order valence-electron chi connectivity index (χ3n) is 7.09. The van der Waals surface area contributed by atoms with Gasteiger partial charge in [-0.25, -0.2) is 12.7 Å². The minimum absolute atomic E-state index is 0.0440. The lowest BCUT2D eigenvalue weighted by molar-refractivity contribution is 0.0982. The van der Waals surface area contributed by atoms with Crippen LogP contribution in [0.4, 0.5) is 11.4 Å². The number of carbonyl (C=O) groups is 1. The molecule has 1 aromatic heterocycles. The van der Waals surface area contributed by atoms with Crippen LogP contribution in [-0.4, -0.2) is 61.3 Å². The molecule has 0 bridgehead atoms. The summed E-state index contributed by atoms with van der Waals surface area (Å²) >= 11 is 0. The zero-order valence-electron chi connectivity index (χ0n) is 19.9. The number of nitrogens with one attached hydrogen (secondary N) is 1. The molecule has 1 saturated carbocycles. The van der Waals surface area contributed by atoms with E-state index in [1.165, 1.54) is 0 Å². The van der Waals surface area contributed by atoms with Gasteiger partial charge in [0.05, 0.1) is 34.6 Å². The normalized spacial score (nSPS) is 21.3. The number of piperidine rings is 1. The fourth-order valence-corrected chi connectivity index (χ4v) is 6.99. The van der Waals surface area contributed by atoms with E-state index in [1.54, 1.807) is 34.9 Å².